The number of hydrogen-bond donors (Lipinski definition) is 1. The van der Waals surface area contributed by atoms with Crippen LogP contribution in [0.15, 0.2) is 42.5 Å². The van der Waals surface area contributed by atoms with E-state index in [1.807, 2.05) is 0 Å². The molecule has 2 aromatic carbocycles. The van der Waals surface area contributed by atoms with Gasteiger partial charge in [0.15, 0.2) is 0 Å². The van der Waals surface area contributed by atoms with Gasteiger partial charge >= 0.3 is 0 Å². The second-order valence-corrected chi connectivity index (χ2v) is 6.66. The summed E-state index contributed by atoms with van der Waals surface area (Å²) < 4.78 is 0. The average Bonchev–Trinajstić information content (AvgIpc) is 2.54. The van der Waals surface area contributed by atoms with Crippen molar-refractivity contribution in [3.05, 3.63) is 74.8 Å². The van der Waals surface area contributed by atoms with E-state index < -0.39 is 0 Å². The fourth-order valence-corrected chi connectivity index (χ4v) is 2.90. The number of carbonyl (C=O) groups is 1. The van der Waals surface area contributed by atoms with Gasteiger partial charge in [-0.3, -0.25) is 4.79 Å². The SMILES string of the molecule is CC[C@H](NC(=O)/C=C/c1ccc(Cl)cc1Cl)c1ccc(C)c(C)c1. The van der Waals surface area contributed by atoms with Gasteiger partial charge in [-0.05, 0) is 60.7 Å². The second-order valence-electron chi connectivity index (χ2n) is 5.81. The highest BCUT2D eigenvalue weighted by molar-refractivity contribution is 6.35. The number of nitrogens with one attached hydrogen (secondary N) is 1. The molecular weight excluding hydrogens is 341 g/mol. The number of aryl methyl sites for hydroxylation is 2. The molecule has 126 valence electrons. The monoisotopic (exact) mass is 361 g/mol. The number of carbonyl (C=O) groups excluding carboxylic acids is 1. The first-order valence-corrected chi connectivity index (χ1v) is 8.67. The third-order valence-corrected chi connectivity index (χ3v) is 4.60. The van der Waals surface area contributed by atoms with Crippen molar-refractivity contribution in [1.29, 1.82) is 0 Å². The predicted octanol–water partition coefficient (Wildman–Crippen LogP) is 5.89. The fraction of sp³-hybridized carbons (Fsp3) is 0.250. The number of benzene rings is 2. The van der Waals surface area contributed by atoms with Gasteiger partial charge in [-0.2, -0.15) is 0 Å². The summed E-state index contributed by atoms with van der Waals surface area (Å²) in [6.45, 7) is 6.22. The molecule has 0 aliphatic carbocycles. The van der Waals surface area contributed by atoms with E-state index in [9.17, 15) is 4.79 Å². The highest BCUT2D eigenvalue weighted by Crippen LogP contribution is 2.22. The zero-order chi connectivity index (χ0) is 17.7. The van der Waals surface area contributed by atoms with Gasteiger partial charge in [0.2, 0.25) is 5.91 Å². The van der Waals surface area contributed by atoms with Crippen molar-refractivity contribution in [2.45, 2.75) is 33.2 Å². The lowest BCUT2D eigenvalue weighted by Crippen LogP contribution is -2.26. The summed E-state index contributed by atoms with van der Waals surface area (Å²) in [6.07, 6.45) is 4.02. The van der Waals surface area contributed by atoms with Crippen LogP contribution in [0.25, 0.3) is 6.08 Å². The molecule has 0 saturated heterocycles. The molecule has 1 N–H and O–H groups in total. The molecule has 0 aliphatic rings. The molecule has 0 saturated carbocycles. The van der Waals surface area contributed by atoms with E-state index in [0.717, 1.165) is 17.5 Å². The summed E-state index contributed by atoms with van der Waals surface area (Å²) in [5.41, 5.74) is 4.35. The summed E-state index contributed by atoms with van der Waals surface area (Å²) in [7, 11) is 0. The maximum Gasteiger partial charge on any atom is 0.244 e. The highest BCUT2D eigenvalue weighted by Gasteiger charge is 2.12. The van der Waals surface area contributed by atoms with Crippen molar-refractivity contribution in [2.75, 3.05) is 0 Å². The molecule has 0 fully saturated rings. The Morgan fingerprint density at radius 2 is 1.88 bits per heavy atom. The van der Waals surface area contributed by atoms with Crippen molar-refractivity contribution in [3.8, 4) is 0 Å². The Bertz CT molecular complexity index is 768. The van der Waals surface area contributed by atoms with Crippen LogP contribution in [-0.4, -0.2) is 5.91 Å². The number of amides is 1. The molecule has 0 radical (unpaired) electrons. The zero-order valence-electron chi connectivity index (χ0n) is 14.1. The first kappa shape index (κ1) is 18.6. The van der Waals surface area contributed by atoms with Crippen LogP contribution in [-0.2, 0) is 4.79 Å². The summed E-state index contributed by atoms with van der Waals surface area (Å²) in [6, 6.07) is 11.5. The number of rotatable bonds is 5. The van der Waals surface area contributed by atoms with Gasteiger partial charge < -0.3 is 5.32 Å². The molecule has 0 heterocycles. The minimum atomic E-state index is -0.147. The van der Waals surface area contributed by atoms with Crippen LogP contribution < -0.4 is 5.32 Å². The maximum absolute atomic E-state index is 12.2. The molecule has 2 rings (SSSR count). The van der Waals surface area contributed by atoms with Crippen molar-refractivity contribution >= 4 is 35.2 Å². The molecule has 2 nitrogen and oxygen atoms in total. The Morgan fingerprint density at radius 3 is 2.50 bits per heavy atom. The third-order valence-electron chi connectivity index (χ3n) is 4.03. The molecule has 1 amide bonds. The summed E-state index contributed by atoms with van der Waals surface area (Å²) in [4.78, 5) is 12.2. The van der Waals surface area contributed by atoms with Gasteiger partial charge in [-0.1, -0.05) is 54.4 Å². The molecule has 0 unspecified atom stereocenters. The predicted molar refractivity (Wildman–Crippen MR) is 103 cm³/mol. The second kappa shape index (κ2) is 8.36. The van der Waals surface area contributed by atoms with Gasteiger partial charge in [0, 0.05) is 16.1 Å². The smallest absolute Gasteiger partial charge is 0.244 e. The molecule has 2 aromatic rings. The van der Waals surface area contributed by atoms with Crippen LogP contribution in [0.5, 0.6) is 0 Å². The lowest BCUT2D eigenvalue weighted by atomic mass is 9.99. The van der Waals surface area contributed by atoms with Gasteiger partial charge in [-0.15, -0.1) is 0 Å². The van der Waals surface area contributed by atoms with Crippen LogP contribution in [0.1, 0.15) is 41.6 Å². The largest absolute Gasteiger partial charge is 0.346 e. The molecule has 0 spiro atoms. The topological polar surface area (TPSA) is 29.1 Å². The zero-order valence-corrected chi connectivity index (χ0v) is 15.6. The van der Waals surface area contributed by atoms with Crippen LogP contribution in [0.3, 0.4) is 0 Å². The van der Waals surface area contributed by atoms with Crippen LogP contribution >= 0.6 is 23.2 Å². The minimum absolute atomic E-state index is 0.0119. The summed E-state index contributed by atoms with van der Waals surface area (Å²) in [5.74, 6) is -0.147. The van der Waals surface area contributed by atoms with Crippen molar-refractivity contribution in [2.24, 2.45) is 0 Å². The Kier molecular flexibility index (Phi) is 6.47. The molecule has 24 heavy (non-hydrogen) atoms. The first-order chi connectivity index (χ1) is 11.4. The van der Waals surface area contributed by atoms with Crippen molar-refractivity contribution in [3.63, 3.8) is 0 Å². The molecule has 0 aromatic heterocycles. The van der Waals surface area contributed by atoms with Crippen LogP contribution in [0.4, 0.5) is 0 Å². The molecule has 0 aliphatic heterocycles. The lowest BCUT2D eigenvalue weighted by Gasteiger charge is -2.17. The molecule has 0 bridgehead atoms. The van der Waals surface area contributed by atoms with Crippen molar-refractivity contribution < 1.29 is 4.79 Å². The molecule has 4 heteroatoms. The Hall–Kier alpha value is -1.77. The van der Waals surface area contributed by atoms with Gasteiger partial charge in [0.25, 0.3) is 0 Å². The Morgan fingerprint density at radius 1 is 1.12 bits per heavy atom. The first-order valence-electron chi connectivity index (χ1n) is 7.91. The molecular formula is C20H21Cl2NO. The van der Waals surface area contributed by atoms with Crippen molar-refractivity contribution in [1.82, 2.24) is 5.32 Å². The Labute approximate surface area is 153 Å². The van der Waals surface area contributed by atoms with E-state index in [-0.39, 0.29) is 11.9 Å². The highest BCUT2D eigenvalue weighted by atomic mass is 35.5. The number of hydrogen-bond acceptors (Lipinski definition) is 1. The number of halogens is 2. The average molecular weight is 362 g/mol. The summed E-state index contributed by atoms with van der Waals surface area (Å²) >= 11 is 12.0. The Balaban J connectivity index is 2.08. The van der Waals surface area contributed by atoms with Gasteiger partial charge in [0.05, 0.1) is 6.04 Å². The standard InChI is InChI=1S/C20H21Cl2NO/c1-4-19(16-6-5-13(2)14(3)11-16)23-20(24)10-8-15-7-9-17(21)12-18(15)22/h5-12,19H,4H2,1-3H3,(H,23,24)/b10-8+/t19-/m0/s1. The lowest BCUT2D eigenvalue weighted by molar-refractivity contribution is -0.117. The van der Waals surface area contributed by atoms with Crippen LogP contribution in [0, 0.1) is 13.8 Å². The van der Waals surface area contributed by atoms with Gasteiger partial charge in [-0.25, -0.2) is 0 Å². The quantitative estimate of drug-likeness (QED) is 0.660. The van der Waals surface area contributed by atoms with E-state index in [0.29, 0.717) is 10.0 Å². The maximum atomic E-state index is 12.2. The van der Waals surface area contributed by atoms with E-state index in [2.05, 4.69) is 44.3 Å². The summed E-state index contributed by atoms with van der Waals surface area (Å²) in [5, 5.41) is 4.13. The van der Waals surface area contributed by atoms with E-state index >= 15 is 0 Å². The fourth-order valence-electron chi connectivity index (χ4n) is 2.42. The van der Waals surface area contributed by atoms with E-state index in [4.69, 9.17) is 23.2 Å². The van der Waals surface area contributed by atoms with Crippen LogP contribution in [0.2, 0.25) is 10.0 Å². The van der Waals surface area contributed by atoms with E-state index in [1.165, 1.54) is 17.2 Å². The van der Waals surface area contributed by atoms with Gasteiger partial charge in [0.1, 0.15) is 0 Å². The third kappa shape index (κ3) is 4.86. The van der Waals surface area contributed by atoms with E-state index in [1.54, 1.807) is 24.3 Å². The normalized spacial score (nSPS) is 12.4. The molecule has 1 atom stereocenters. The minimum Gasteiger partial charge on any atom is -0.346 e.